The first-order valence-corrected chi connectivity index (χ1v) is 11.2. The summed E-state index contributed by atoms with van der Waals surface area (Å²) < 4.78 is 13.6. The van der Waals surface area contributed by atoms with Crippen molar-refractivity contribution in [1.82, 2.24) is 15.2 Å². The summed E-state index contributed by atoms with van der Waals surface area (Å²) in [7, 11) is 2.25. The van der Waals surface area contributed by atoms with Gasteiger partial charge in [0.1, 0.15) is 5.41 Å². The molecule has 4 rings (SSSR count). The lowest BCUT2D eigenvalue weighted by Gasteiger charge is -2.42. The van der Waals surface area contributed by atoms with Gasteiger partial charge in [-0.3, -0.25) is 14.7 Å². The van der Waals surface area contributed by atoms with Gasteiger partial charge in [0.15, 0.2) is 0 Å². The van der Waals surface area contributed by atoms with Gasteiger partial charge < -0.3 is 16.0 Å². The van der Waals surface area contributed by atoms with Crippen LogP contribution in [0.25, 0.3) is 11.6 Å². The zero-order valence-corrected chi connectivity index (χ0v) is 18.9. The molecule has 1 unspecified atom stereocenters. The Morgan fingerprint density at radius 2 is 2.03 bits per heavy atom. The first-order chi connectivity index (χ1) is 15.4. The van der Waals surface area contributed by atoms with Crippen LogP contribution in [0, 0.1) is 5.41 Å². The van der Waals surface area contributed by atoms with Crippen LogP contribution in [0.3, 0.4) is 0 Å². The van der Waals surface area contributed by atoms with Crippen molar-refractivity contribution in [3.63, 3.8) is 0 Å². The first-order valence-electron chi connectivity index (χ1n) is 10.6. The molecule has 2 aliphatic rings. The number of nitrogens with one attached hydrogen (secondary N) is 3. The Morgan fingerprint density at radius 1 is 1.28 bits per heavy atom. The van der Waals surface area contributed by atoms with Gasteiger partial charge in [-0.1, -0.05) is 21.4 Å². The summed E-state index contributed by atoms with van der Waals surface area (Å²) in [6, 6.07) is 9.90. The maximum atomic E-state index is 13.6. The Labute approximate surface area is 189 Å². The molecule has 8 heteroatoms. The van der Waals surface area contributed by atoms with Crippen molar-refractivity contribution in [2.45, 2.75) is 30.8 Å². The third-order valence-electron chi connectivity index (χ3n) is 5.39. The zero-order valence-electron chi connectivity index (χ0n) is 17.7. The van der Waals surface area contributed by atoms with E-state index in [1.807, 2.05) is 41.4 Å². The minimum atomic E-state index is -1.16. The van der Waals surface area contributed by atoms with Gasteiger partial charge in [0.05, 0.1) is 0 Å². The lowest BCUT2D eigenvalue weighted by molar-refractivity contribution is -0.111. The maximum absolute atomic E-state index is 13.6. The van der Waals surface area contributed by atoms with E-state index in [1.54, 1.807) is 18.5 Å². The van der Waals surface area contributed by atoms with Crippen LogP contribution >= 0.6 is 9.24 Å². The molecule has 0 radical (unpaired) electrons. The van der Waals surface area contributed by atoms with E-state index in [9.17, 15) is 9.18 Å². The number of alkyl halides is 1. The second-order valence-corrected chi connectivity index (χ2v) is 9.38. The molecule has 1 aliphatic carbocycles. The molecule has 2 fully saturated rings. The standard InChI is InChI=1S/C24H27FN5OP/c25-24(32)15-30(16-24)14-17-1-4-21(5-2-17)29-23(31)8-3-18-12-27-10-9-22(18)19(11-26)13-28-20-6-7-20/h1-5,8-13,20,26,28H,6-7,14-16,32H2,(H,29,31)/b8-3+,19-13+,26-11?. The van der Waals surface area contributed by atoms with Crippen LogP contribution in [0.2, 0.25) is 0 Å². The van der Waals surface area contributed by atoms with Gasteiger partial charge in [-0.05, 0) is 48.2 Å². The highest BCUT2D eigenvalue weighted by molar-refractivity contribution is 7.18. The second kappa shape index (κ2) is 9.72. The molecule has 1 saturated carbocycles. The van der Waals surface area contributed by atoms with Gasteiger partial charge >= 0.3 is 0 Å². The summed E-state index contributed by atoms with van der Waals surface area (Å²) in [5.41, 5.74) is 4.11. The van der Waals surface area contributed by atoms with Crippen LogP contribution in [0.4, 0.5) is 10.1 Å². The summed E-state index contributed by atoms with van der Waals surface area (Å²) in [6.45, 7) is 1.53. The highest BCUT2D eigenvalue weighted by Gasteiger charge is 2.38. The van der Waals surface area contributed by atoms with E-state index in [1.165, 1.54) is 12.3 Å². The smallest absolute Gasteiger partial charge is 0.248 e. The first kappa shape index (κ1) is 22.3. The van der Waals surface area contributed by atoms with E-state index in [-0.39, 0.29) is 5.91 Å². The molecule has 2 heterocycles. The quantitative estimate of drug-likeness (QED) is 0.308. The van der Waals surface area contributed by atoms with Crippen molar-refractivity contribution in [3.05, 3.63) is 71.7 Å². The minimum Gasteiger partial charge on any atom is -0.388 e. The number of hydrogen-bond donors (Lipinski definition) is 3. The molecule has 2 aromatic rings. The number of carbonyl (C=O) groups excluding carboxylic acids is 1. The van der Waals surface area contributed by atoms with Crippen LogP contribution in [0.5, 0.6) is 0 Å². The van der Waals surface area contributed by atoms with E-state index >= 15 is 0 Å². The number of anilines is 1. The maximum Gasteiger partial charge on any atom is 0.248 e. The van der Waals surface area contributed by atoms with Crippen molar-refractivity contribution in [3.8, 4) is 0 Å². The Hall–Kier alpha value is -2.89. The second-order valence-electron chi connectivity index (χ2n) is 8.35. The molecule has 1 saturated heterocycles. The van der Waals surface area contributed by atoms with Crippen molar-refractivity contribution in [1.29, 1.82) is 5.41 Å². The van der Waals surface area contributed by atoms with E-state index in [0.717, 1.165) is 35.1 Å². The Bertz CT molecular complexity index is 1040. The SMILES string of the molecule is N=C/C(=C\NC1CC1)c1ccncc1/C=C/C(=O)Nc1ccc(CN2CC(F)(P)C2)cc1. The molecule has 32 heavy (non-hydrogen) atoms. The number of benzene rings is 1. The van der Waals surface area contributed by atoms with Gasteiger partial charge in [-0.15, -0.1) is 0 Å². The van der Waals surface area contributed by atoms with Crippen LogP contribution in [0.1, 0.15) is 29.5 Å². The topological polar surface area (TPSA) is 81.1 Å². The number of pyridine rings is 1. The normalized spacial score (nSPS) is 18.2. The van der Waals surface area contributed by atoms with Gasteiger partial charge in [-0.25, -0.2) is 4.39 Å². The van der Waals surface area contributed by atoms with Crippen LogP contribution in [-0.2, 0) is 11.3 Å². The summed E-state index contributed by atoms with van der Waals surface area (Å²) >= 11 is 0. The predicted octanol–water partition coefficient (Wildman–Crippen LogP) is 3.83. The number of amides is 1. The van der Waals surface area contributed by atoms with Crippen LogP contribution in [-0.4, -0.2) is 46.5 Å². The molecular formula is C24H27FN5OP. The lowest BCUT2D eigenvalue weighted by Crippen LogP contribution is -2.54. The zero-order chi connectivity index (χ0) is 22.6. The highest BCUT2D eigenvalue weighted by Crippen LogP contribution is 2.32. The average Bonchev–Trinajstić information content (AvgIpc) is 3.58. The number of hydrogen-bond acceptors (Lipinski definition) is 5. The van der Waals surface area contributed by atoms with Gasteiger partial charge in [0, 0.05) is 73.4 Å². The third kappa shape index (κ3) is 6.09. The van der Waals surface area contributed by atoms with Crippen molar-refractivity contribution in [2.75, 3.05) is 18.4 Å². The molecule has 166 valence electrons. The molecule has 6 nitrogen and oxygen atoms in total. The van der Waals surface area contributed by atoms with Gasteiger partial charge in [-0.2, -0.15) is 0 Å². The lowest BCUT2D eigenvalue weighted by atomic mass is 10.0. The molecular weight excluding hydrogens is 424 g/mol. The molecule has 1 aromatic heterocycles. The Kier molecular flexibility index (Phi) is 6.77. The fourth-order valence-electron chi connectivity index (χ4n) is 3.57. The van der Waals surface area contributed by atoms with E-state index in [2.05, 4.69) is 24.9 Å². The average molecular weight is 451 g/mol. The van der Waals surface area contributed by atoms with Gasteiger partial charge in [0.2, 0.25) is 5.91 Å². The number of allylic oxidation sites excluding steroid dienone is 1. The number of halogens is 1. The molecule has 1 aromatic carbocycles. The summed E-state index contributed by atoms with van der Waals surface area (Å²) in [4.78, 5) is 18.6. The van der Waals surface area contributed by atoms with Crippen molar-refractivity contribution >= 4 is 38.7 Å². The number of rotatable bonds is 9. The number of likely N-dealkylation sites (tertiary alicyclic amines) is 1. The molecule has 0 spiro atoms. The minimum absolute atomic E-state index is 0.253. The summed E-state index contributed by atoms with van der Waals surface area (Å²) in [6.07, 6.45) is 12.0. The Balaban J connectivity index is 1.35. The number of carbonyl (C=O) groups is 1. The predicted molar refractivity (Wildman–Crippen MR) is 130 cm³/mol. The monoisotopic (exact) mass is 451 g/mol. The number of aromatic nitrogens is 1. The highest BCUT2D eigenvalue weighted by atomic mass is 31.0. The molecule has 1 atom stereocenters. The number of nitrogens with zero attached hydrogens (tertiary/aromatic N) is 2. The molecule has 1 amide bonds. The fourth-order valence-corrected chi connectivity index (χ4v) is 4.08. The fraction of sp³-hybridized carbons (Fsp3) is 0.292. The van der Waals surface area contributed by atoms with E-state index in [0.29, 0.717) is 31.4 Å². The van der Waals surface area contributed by atoms with Gasteiger partial charge in [0.25, 0.3) is 0 Å². The largest absolute Gasteiger partial charge is 0.388 e. The van der Waals surface area contributed by atoms with Crippen LogP contribution in [0.15, 0.2) is 55.0 Å². The van der Waals surface area contributed by atoms with Crippen LogP contribution < -0.4 is 10.6 Å². The molecule has 0 bridgehead atoms. The third-order valence-corrected chi connectivity index (χ3v) is 5.75. The van der Waals surface area contributed by atoms with E-state index < -0.39 is 5.41 Å². The van der Waals surface area contributed by atoms with Crippen molar-refractivity contribution in [2.24, 2.45) is 0 Å². The molecule has 3 N–H and O–H groups in total. The Morgan fingerprint density at radius 3 is 2.69 bits per heavy atom. The molecule has 1 aliphatic heterocycles. The van der Waals surface area contributed by atoms with E-state index in [4.69, 9.17) is 5.41 Å². The summed E-state index contributed by atoms with van der Waals surface area (Å²) in [5, 5.41) is 12.7. The van der Waals surface area contributed by atoms with Crippen molar-refractivity contribution < 1.29 is 9.18 Å². The summed E-state index contributed by atoms with van der Waals surface area (Å²) in [5.74, 6) is -0.253.